The van der Waals surface area contributed by atoms with Gasteiger partial charge in [-0.2, -0.15) is 9.97 Å². The van der Waals surface area contributed by atoms with Crippen molar-refractivity contribution in [3.8, 4) is 5.88 Å². The van der Waals surface area contributed by atoms with Crippen LogP contribution in [0.25, 0.3) is 0 Å². The van der Waals surface area contributed by atoms with E-state index in [9.17, 15) is 4.39 Å². The van der Waals surface area contributed by atoms with E-state index < -0.39 is 0 Å². The third-order valence-electron chi connectivity index (χ3n) is 3.77. The van der Waals surface area contributed by atoms with Gasteiger partial charge < -0.3 is 15.4 Å². The van der Waals surface area contributed by atoms with Crippen LogP contribution in [0.1, 0.15) is 17.9 Å². The number of methoxy groups -OCH3 is 1. The van der Waals surface area contributed by atoms with Crippen LogP contribution in [0.2, 0.25) is 0 Å². The van der Waals surface area contributed by atoms with E-state index in [2.05, 4.69) is 14.9 Å². The molecule has 0 unspecified atom stereocenters. The summed E-state index contributed by atoms with van der Waals surface area (Å²) in [5, 5.41) is 0. The van der Waals surface area contributed by atoms with E-state index in [0.717, 1.165) is 24.3 Å². The van der Waals surface area contributed by atoms with Crippen molar-refractivity contribution < 1.29 is 9.13 Å². The van der Waals surface area contributed by atoms with Gasteiger partial charge in [0.05, 0.1) is 7.11 Å². The summed E-state index contributed by atoms with van der Waals surface area (Å²) in [5.41, 5.74) is 6.44. The maximum absolute atomic E-state index is 13.9. The molecule has 0 aliphatic carbocycles. The lowest BCUT2D eigenvalue weighted by atomic mass is 9.98. The highest BCUT2D eigenvalue weighted by Gasteiger charge is 2.27. The van der Waals surface area contributed by atoms with E-state index in [1.165, 1.54) is 13.2 Å². The summed E-state index contributed by atoms with van der Waals surface area (Å²) in [7, 11) is 1.54. The Kier molecular flexibility index (Phi) is 3.60. The minimum Gasteiger partial charge on any atom is -0.481 e. The maximum atomic E-state index is 13.9. The van der Waals surface area contributed by atoms with Gasteiger partial charge in [-0.25, -0.2) is 4.39 Å². The molecule has 110 valence electrons. The van der Waals surface area contributed by atoms with E-state index in [1.54, 1.807) is 12.1 Å². The highest BCUT2D eigenvalue weighted by molar-refractivity contribution is 5.47. The van der Waals surface area contributed by atoms with Gasteiger partial charge in [-0.05, 0) is 18.1 Å². The molecule has 0 amide bonds. The summed E-state index contributed by atoms with van der Waals surface area (Å²) in [5.74, 6) is 1.35. The van der Waals surface area contributed by atoms with Gasteiger partial charge >= 0.3 is 0 Å². The van der Waals surface area contributed by atoms with Crippen LogP contribution in [-0.2, 0) is 0 Å². The van der Waals surface area contributed by atoms with Gasteiger partial charge in [0.15, 0.2) is 0 Å². The van der Waals surface area contributed by atoms with E-state index in [0.29, 0.717) is 12.4 Å². The smallest absolute Gasteiger partial charge is 0.225 e. The number of nitrogen functional groups attached to an aromatic ring is 1. The summed E-state index contributed by atoms with van der Waals surface area (Å²) >= 11 is 0. The molecule has 2 heterocycles. The largest absolute Gasteiger partial charge is 0.481 e. The molecule has 1 aliphatic rings. The fraction of sp³-hybridized carbons (Fsp3) is 0.333. The fourth-order valence-corrected chi connectivity index (χ4v) is 2.73. The molecule has 21 heavy (non-hydrogen) atoms. The predicted molar refractivity (Wildman–Crippen MR) is 79.0 cm³/mol. The molecule has 1 aromatic carbocycles. The number of nitrogens with zero attached hydrogens (tertiary/aromatic N) is 3. The predicted octanol–water partition coefficient (Wildman–Crippen LogP) is 2.20. The molecule has 6 heteroatoms. The van der Waals surface area contributed by atoms with Gasteiger partial charge in [0.25, 0.3) is 0 Å². The van der Waals surface area contributed by atoms with Crippen LogP contribution < -0.4 is 15.4 Å². The van der Waals surface area contributed by atoms with Crippen molar-refractivity contribution >= 4 is 11.8 Å². The third kappa shape index (κ3) is 2.74. The molecule has 0 spiro atoms. The second-order valence-electron chi connectivity index (χ2n) is 5.08. The zero-order valence-corrected chi connectivity index (χ0v) is 11.8. The topological polar surface area (TPSA) is 64.3 Å². The highest BCUT2D eigenvalue weighted by Crippen LogP contribution is 2.32. The molecular formula is C15H17FN4O. The minimum absolute atomic E-state index is 0.149. The number of rotatable bonds is 3. The lowest BCUT2D eigenvalue weighted by Crippen LogP contribution is -2.21. The number of ether oxygens (including phenoxy) is 1. The fourth-order valence-electron chi connectivity index (χ4n) is 2.73. The van der Waals surface area contributed by atoms with Crippen molar-refractivity contribution in [3.63, 3.8) is 0 Å². The Morgan fingerprint density at radius 1 is 1.33 bits per heavy atom. The summed E-state index contributed by atoms with van der Waals surface area (Å²) in [6.07, 6.45) is 0.882. The second kappa shape index (κ2) is 5.55. The summed E-state index contributed by atoms with van der Waals surface area (Å²) in [6.45, 7) is 1.51. The number of halogens is 1. The zero-order chi connectivity index (χ0) is 14.8. The highest BCUT2D eigenvalue weighted by atomic mass is 19.1. The Hall–Kier alpha value is -2.37. The summed E-state index contributed by atoms with van der Waals surface area (Å²) in [4.78, 5) is 10.3. The molecule has 2 aromatic rings. The van der Waals surface area contributed by atoms with Crippen molar-refractivity contribution in [2.24, 2.45) is 0 Å². The first-order valence-electron chi connectivity index (χ1n) is 6.85. The Morgan fingerprint density at radius 2 is 2.14 bits per heavy atom. The molecule has 5 nitrogen and oxygen atoms in total. The minimum atomic E-state index is -0.149. The SMILES string of the molecule is COc1cc(N2CC[C@H](c3ccccc3F)C2)nc(N)n1. The number of hydrogen-bond acceptors (Lipinski definition) is 5. The van der Waals surface area contributed by atoms with Crippen molar-refractivity contribution in [2.75, 3.05) is 30.8 Å². The van der Waals surface area contributed by atoms with Gasteiger partial charge in [0.1, 0.15) is 11.6 Å². The molecular weight excluding hydrogens is 271 g/mol. The molecule has 1 aliphatic heterocycles. The Bertz CT molecular complexity index is 649. The van der Waals surface area contributed by atoms with E-state index in [4.69, 9.17) is 10.5 Å². The van der Waals surface area contributed by atoms with Crippen molar-refractivity contribution in [1.29, 1.82) is 0 Å². The van der Waals surface area contributed by atoms with Crippen LogP contribution >= 0.6 is 0 Å². The average Bonchev–Trinajstić information content (AvgIpc) is 2.96. The van der Waals surface area contributed by atoms with E-state index in [-0.39, 0.29) is 17.7 Å². The van der Waals surface area contributed by atoms with Gasteiger partial charge in [-0.15, -0.1) is 0 Å². The van der Waals surface area contributed by atoms with Crippen LogP contribution in [0.3, 0.4) is 0 Å². The van der Waals surface area contributed by atoms with E-state index >= 15 is 0 Å². The van der Waals surface area contributed by atoms with Crippen LogP contribution in [0.5, 0.6) is 5.88 Å². The summed E-state index contributed by atoms with van der Waals surface area (Å²) in [6, 6.07) is 8.68. The lowest BCUT2D eigenvalue weighted by molar-refractivity contribution is 0.397. The van der Waals surface area contributed by atoms with Gasteiger partial charge in [0.2, 0.25) is 11.8 Å². The van der Waals surface area contributed by atoms with E-state index in [1.807, 2.05) is 12.1 Å². The zero-order valence-electron chi connectivity index (χ0n) is 11.8. The number of aromatic nitrogens is 2. The monoisotopic (exact) mass is 288 g/mol. The molecule has 1 aromatic heterocycles. The van der Waals surface area contributed by atoms with Gasteiger partial charge in [-0.1, -0.05) is 18.2 Å². The molecule has 1 saturated heterocycles. The molecule has 0 radical (unpaired) electrons. The molecule has 1 atom stereocenters. The van der Waals surface area contributed by atoms with Crippen LogP contribution in [0.15, 0.2) is 30.3 Å². The summed E-state index contributed by atoms with van der Waals surface area (Å²) < 4.78 is 19.0. The van der Waals surface area contributed by atoms with Gasteiger partial charge in [0, 0.05) is 25.1 Å². The first-order chi connectivity index (χ1) is 10.2. The normalized spacial score (nSPS) is 18.0. The number of hydrogen-bond donors (Lipinski definition) is 1. The molecule has 0 bridgehead atoms. The molecule has 1 fully saturated rings. The van der Waals surface area contributed by atoms with Crippen LogP contribution in [-0.4, -0.2) is 30.2 Å². The van der Waals surface area contributed by atoms with Crippen molar-refractivity contribution in [1.82, 2.24) is 9.97 Å². The van der Waals surface area contributed by atoms with Gasteiger partial charge in [-0.3, -0.25) is 0 Å². The molecule has 0 saturated carbocycles. The molecule has 3 rings (SSSR count). The molecule has 2 N–H and O–H groups in total. The Labute approximate surface area is 122 Å². The average molecular weight is 288 g/mol. The van der Waals surface area contributed by atoms with Crippen molar-refractivity contribution in [3.05, 3.63) is 41.7 Å². The number of nitrogens with two attached hydrogens (primary N) is 1. The standard InChI is InChI=1S/C15H17FN4O/c1-21-14-8-13(18-15(17)19-14)20-7-6-10(9-20)11-4-2-3-5-12(11)16/h2-5,8,10H,6-7,9H2,1H3,(H2,17,18,19)/t10-/m0/s1. The number of benzene rings is 1. The Balaban J connectivity index is 1.81. The number of anilines is 2. The van der Waals surface area contributed by atoms with Crippen LogP contribution in [0, 0.1) is 5.82 Å². The quantitative estimate of drug-likeness (QED) is 0.938. The lowest BCUT2D eigenvalue weighted by Gasteiger charge is -2.18. The first kappa shape index (κ1) is 13.6. The van der Waals surface area contributed by atoms with Crippen LogP contribution in [0.4, 0.5) is 16.2 Å². The maximum Gasteiger partial charge on any atom is 0.225 e. The second-order valence-corrected chi connectivity index (χ2v) is 5.08. The third-order valence-corrected chi connectivity index (χ3v) is 3.77. The van der Waals surface area contributed by atoms with Crippen molar-refractivity contribution in [2.45, 2.75) is 12.3 Å². The Morgan fingerprint density at radius 3 is 2.90 bits per heavy atom. The first-order valence-corrected chi connectivity index (χ1v) is 6.85.